The van der Waals surface area contributed by atoms with Crippen LogP contribution in [0.3, 0.4) is 0 Å². The monoisotopic (exact) mass is 286 g/mol. The zero-order valence-electron chi connectivity index (χ0n) is 10.6. The molecule has 0 bridgehead atoms. The molecular formula is C11H18N4OS2. The molecule has 0 saturated heterocycles. The summed E-state index contributed by atoms with van der Waals surface area (Å²) >= 11 is 3.21. The van der Waals surface area contributed by atoms with Crippen molar-refractivity contribution in [3.63, 3.8) is 0 Å². The zero-order valence-corrected chi connectivity index (χ0v) is 12.2. The number of hydrogen-bond donors (Lipinski definition) is 2. The van der Waals surface area contributed by atoms with Crippen molar-refractivity contribution in [2.24, 2.45) is 0 Å². The Balaban J connectivity index is 1.84. The van der Waals surface area contributed by atoms with Gasteiger partial charge in [0.2, 0.25) is 10.1 Å². The molecule has 100 valence electrons. The summed E-state index contributed by atoms with van der Waals surface area (Å²) in [4.78, 5) is 12.0. The van der Waals surface area contributed by atoms with E-state index in [4.69, 9.17) is 0 Å². The predicted molar refractivity (Wildman–Crippen MR) is 76.5 cm³/mol. The van der Waals surface area contributed by atoms with Crippen molar-refractivity contribution >= 4 is 34.1 Å². The molecule has 2 rings (SSSR count). The summed E-state index contributed by atoms with van der Waals surface area (Å²) < 4.78 is 0. The molecule has 1 heterocycles. The van der Waals surface area contributed by atoms with Gasteiger partial charge in [0.05, 0.1) is 0 Å². The van der Waals surface area contributed by atoms with Crippen LogP contribution in [0.4, 0.5) is 5.13 Å². The average Bonchev–Trinajstić information content (AvgIpc) is 2.88. The van der Waals surface area contributed by atoms with Gasteiger partial charge in [-0.25, -0.2) is 0 Å². The highest BCUT2D eigenvalue weighted by Gasteiger charge is 2.23. The molecule has 1 aromatic rings. The number of carbonyl (C=O) groups excluding carboxylic acids is 1. The van der Waals surface area contributed by atoms with Gasteiger partial charge in [0.25, 0.3) is 5.91 Å². The third-order valence-electron chi connectivity index (χ3n) is 3.18. The number of anilines is 1. The third kappa shape index (κ3) is 3.35. The maximum Gasteiger partial charge on any atom is 0.282 e. The molecule has 0 radical (unpaired) electrons. The summed E-state index contributed by atoms with van der Waals surface area (Å²) in [5, 5.41) is 15.5. The number of thioether (sulfide) groups is 1. The molecule has 1 fully saturated rings. The van der Waals surface area contributed by atoms with Gasteiger partial charge in [-0.05, 0) is 31.9 Å². The Morgan fingerprint density at radius 2 is 2.06 bits per heavy atom. The lowest BCUT2D eigenvalue weighted by Crippen LogP contribution is -2.38. The molecule has 0 atom stereocenters. The molecule has 0 aromatic carbocycles. The Hall–Kier alpha value is -0.820. The van der Waals surface area contributed by atoms with E-state index in [1.54, 1.807) is 7.05 Å². The number of rotatable bonds is 4. The Morgan fingerprint density at radius 3 is 2.61 bits per heavy atom. The molecule has 0 aliphatic heterocycles. The smallest absolute Gasteiger partial charge is 0.282 e. The number of hydrogen-bond acceptors (Lipinski definition) is 6. The quantitative estimate of drug-likeness (QED) is 0.886. The normalized spacial score (nSPS) is 23.7. The highest BCUT2D eigenvalue weighted by molar-refractivity contribution is 7.99. The van der Waals surface area contributed by atoms with Crippen molar-refractivity contribution < 1.29 is 4.79 Å². The van der Waals surface area contributed by atoms with Gasteiger partial charge >= 0.3 is 0 Å². The van der Waals surface area contributed by atoms with Crippen molar-refractivity contribution in [1.82, 2.24) is 15.5 Å². The topological polar surface area (TPSA) is 66.9 Å². The van der Waals surface area contributed by atoms with Crippen LogP contribution in [0.2, 0.25) is 0 Å². The van der Waals surface area contributed by atoms with Crippen LogP contribution < -0.4 is 10.6 Å². The maximum atomic E-state index is 12.0. The molecule has 1 aromatic heterocycles. The van der Waals surface area contributed by atoms with E-state index >= 15 is 0 Å². The minimum absolute atomic E-state index is 0.0957. The Morgan fingerprint density at radius 1 is 1.33 bits per heavy atom. The zero-order chi connectivity index (χ0) is 13.0. The Kier molecular flexibility index (Phi) is 4.82. The minimum Gasteiger partial charge on any atom is -0.363 e. The van der Waals surface area contributed by atoms with Crippen LogP contribution >= 0.6 is 23.1 Å². The van der Waals surface area contributed by atoms with Gasteiger partial charge in [-0.3, -0.25) is 4.79 Å². The largest absolute Gasteiger partial charge is 0.363 e. The second-order valence-electron chi connectivity index (χ2n) is 4.35. The maximum absolute atomic E-state index is 12.0. The van der Waals surface area contributed by atoms with Crippen LogP contribution in [0.1, 0.15) is 35.5 Å². The fourth-order valence-electron chi connectivity index (χ4n) is 2.11. The SMILES string of the molecule is CNc1nnc(C(=O)NC2CCC(SC)CC2)s1. The molecule has 1 aliphatic rings. The van der Waals surface area contributed by atoms with E-state index in [2.05, 4.69) is 27.1 Å². The van der Waals surface area contributed by atoms with Crippen LogP contribution in [-0.2, 0) is 0 Å². The fourth-order valence-corrected chi connectivity index (χ4v) is 3.45. The van der Waals surface area contributed by atoms with Crippen LogP contribution in [0.25, 0.3) is 0 Å². The van der Waals surface area contributed by atoms with E-state index in [1.165, 1.54) is 24.2 Å². The van der Waals surface area contributed by atoms with E-state index < -0.39 is 0 Å². The van der Waals surface area contributed by atoms with Gasteiger partial charge < -0.3 is 10.6 Å². The molecule has 5 nitrogen and oxygen atoms in total. The van der Waals surface area contributed by atoms with Gasteiger partial charge in [-0.1, -0.05) is 11.3 Å². The second kappa shape index (κ2) is 6.38. The summed E-state index contributed by atoms with van der Waals surface area (Å²) in [6.07, 6.45) is 6.65. The van der Waals surface area contributed by atoms with Gasteiger partial charge in [-0.15, -0.1) is 10.2 Å². The van der Waals surface area contributed by atoms with Crippen molar-refractivity contribution in [2.75, 3.05) is 18.6 Å². The van der Waals surface area contributed by atoms with Gasteiger partial charge in [0, 0.05) is 18.3 Å². The average molecular weight is 286 g/mol. The van der Waals surface area contributed by atoms with E-state index in [0.29, 0.717) is 16.2 Å². The molecule has 1 saturated carbocycles. The van der Waals surface area contributed by atoms with Crippen LogP contribution in [0, 0.1) is 0 Å². The Labute approximate surface area is 115 Å². The third-order valence-corrected chi connectivity index (χ3v) is 5.25. The number of carbonyl (C=O) groups is 1. The summed E-state index contributed by atoms with van der Waals surface area (Å²) in [5.41, 5.74) is 0. The number of nitrogens with zero attached hydrogens (tertiary/aromatic N) is 2. The number of amides is 1. The lowest BCUT2D eigenvalue weighted by molar-refractivity contribution is 0.0927. The van der Waals surface area contributed by atoms with Crippen LogP contribution in [0.15, 0.2) is 0 Å². The minimum atomic E-state index is -0.0957. The molecule has 0 unspecified atom stereocenters. The summed E-state index contributed by atoms with van der Waals surface area (Å²) in [7, 11) is 1.77. The molecule has 2 N–H and O–H groups in total. The molecule has 1 aliphatic carbocycles. The summed E-state index contributed by atoms with van der Waals surface area (Å²) in [6.45, 7) is 0. The van der Waals surface area contributed by atoms with Gasteiger partial charge in [0.1, 0.15) is 0 Å². The fraction of sp³-hybridized carbons (Fsp3) is 0.727. The first-order valence-electron chi connectivity index (χ1n) is 6.08. The first kappa shape index (κ1) is 13.6. The first-order chi connectivity index (χ1) is 8.72. The second-order valence-corrected chi connectivity index (χ2v) is 6.46. The standard InChI is InChI=1S/C11H18N4OS2/c1-12-11-15-14-10(18-11)9(16)13-7-3-5-8(17-2)6-4-7/h7-8H,3-6H2,1-2H3,(H,12,15)(H,13,16). The highest BCUT2D eigenvalue weighted by Crippen LogP contribution is 2.27. The number of nitrogens with one attached hydrogen (secondary N) is 2. The molecule has 18 heavy (non-hydrogen) atoms. The summed E-state index contributed by atoms with van der Waals surface area (Å²) in [6, 6.07) is 0.294. The van der Waals surface area contributed by atoms with Gasteiger partial charge in [0.15, 0.2) is 0 Å². The van der Waals surface area contributed by atoms with Crippen LogP contribution in [0.5, 0.6) is 0 Å². The van der Waals surface area contributed by atoms with Gasteiger partial charge in [-0.2, -0.15) is 11.8 Å². The number of aromatic nitrogens is 2. The molecule has 7 heteroatoms. The van der Waals surface area contributed by atoms with E-state index in [9.17, 15) is 4.79 Å². The Bertz CT molecular complexity index is 402. The molecule has 1 amide bonds. The highest BCUT2D eigenvalue weighted by atomic mass is 32.2. The first-order valence-corrected chi connectivity index (χ1v) is 8.18. The van der Waals surface area contributed by atoms with Crippen molar-refractivity contribution in [1.29, 1.82) is 0 Å². The van der Waals surface area contributed by atoms with Crippen molar-refractivity contribution in [2.45, 2.75) is 37.0 Å². The summed E-state index contributed by atoms with van der Waals surface area (Å²) in [5.74, 6) is -0.0957. The predicted octanol–water partition coefficient (Wildman–Crippen LogP) is 1.98. The van der Waals surface area contributed by atoms with E-state index in [0.717, 1.165) is 18.1 Å². The van der Waals surface area contributed by atoms with E-state index in [-0.39, 0.29) is 5.91 Å². The molecule has 0 spiro atoms. The molecular weight excluding hydrogens is 268 g/mol. The van der Waals surface area contributed by atoms with Crippen LogP contribution in [-0.4, -0.2) is 40.7 Å². The van der Waals surface area contributed by atoms with Crippen molar-refractivity contribution in [3.8, 4) is 0 Å². The van der Waals surface area contributed by atoms with Crippen molar-refractivity contribution in [3.05, 3.63) is 5.01 Å². The van der Waals surface area contributed by atoms with E-state index in [1.807, 2.05) is 11.8 Å². The lowest BCUT2D eigenvalue weighted by Gasteiger charge is -2.27. The lowest BCUT2D eigenvalue weighted by atomic mass is 9.95.